The first-order valence-electron chi connectivity index (χ1n) is 12.5. The number of rotatable bonds is 11. The van der Waals surface area contributed by atoms with Gasteiger partial charge in [-0.25, -0.2) is 16.8 Å². The van der Waals surface area contributed by atoms with Gasteiger partial charge in [0.2, 0.25) is 0 Å². The summed E-state index contributed by atoms with van der Waals surface area (Å²) >= 11 is 1.34. The first-order chi connectivity index (χ1) is 19.3. The largest absolute Gasteiger partial charge is 0.489 e. The second-order valence-corrected chi connectivity index (χ2v) is 12.3. The number of aryl methyl sites for hydroxylation is 1. The number of hydrogen-bond donors (Lipinski definition) is 1. The van der Waals surface area contributed by atoms with Crippen molar-refractivity contribution in [1.82, 2.24) is 3.97 Å². The Balaban J connectivity index is 1.40. The standard InChI is InChI=1S/C31H26FNO5S2/c1-2-30(40(36,37)33-19-23(10-17-31(34)35)26-18-24(32)11-14-27(26)33)29-16-15-28(39-29)22-8-12-25(13-9-22)38-20-21-6-4-3-5-7-21/h2-9,11-16,18-19,30H,1,10,17,20H2,(H,34,35). The highest BCUT2D eigenvalue weighted by Crippen LogP contribution is 2.38. The van der Waals surface area contributed by atoms with E-state index in [1.807, 2.05) is 60.7 Å². The molecule has 0 amide bonds. The summed E-state index contributed by atoms with van der Waals surface area (Å²) < 4.78 is 48.7. The number of nitrogens with zero attached hydrogens (tertiary/aromatic N) is 1. The Kier molecular flexibility index (Phi) is 7.86. The number of aliphatic carboxylic acids is 1. The Morgan fingerprint density at radius 3 is 2.50 bits per heavy atom. The predicted molar refractivity (Wildman–Crippen MR) is 156 cm³/mol. The van der Waals surface area contributed by atoms with Gasteiger partial charge >= 0.3 is 5.97 Å². The van der Waals surface area contributed by atoms with Gasteiger partial charge in [-0.2, -0.15) is 0 Å². The Morgan fingerprint density at radius 2 is 1.80 bits per heavy atom. The third-order valence-electron chi connectivity index (χ3n) is 6.53. The maximum atomic E-state index is 14.0. The number of benzene rings is 3. The van der Waals surface area contributed by atoms with Gasteiger partial charge in [0.1, 0.15) is 23.4 Å². The summed E-state index contributed by atoms with van der Waals surface area (Å²) in [5, 5.41) is 8.42. The molecule has 5 aromatic rings. The van der Waals surface area contributed by atoms with Crippen LogP contribution in [-0.2, 0) is 27.8 Å². The number of halogens is 1. The highest BCUT2D eigenvalue weighted by atomic mass is 32.2. The quantitative estimate of drug-likeness (QED) is 0.168. The molecule has 204 valence electrons. The van der Waals surface area contributed by atoms with Crippen LogP contribution in [0.3, 0.4) is 0 Å². The number of carbonyl (C=O) groups is 1. The average Bonchev–Trinajstić information content (AvgIpc) is 3.57. The summed E-state index contributed by atoms with van der Waals surface area (Å²) in [5.41, 5.74) is 2.73. The molecular weight excluding hydrogens is 549 g/mol. The summed E-state index contributed by atoms with van der Waals surface area (Å²) in [6.45, 7) is 4.25. The molecule has 1 atom stereocenters. The number of aromatic nitrogens is 1. The van der Waals surface area contributed by atoms with E-state index in [1.54, 1.807) is 6.07 Å². The van der Waals surface area contributed by atoms with Crippen molar-refractivity contribution in [3.05, 3.63) is 126 Å². The molecule has 0 radical (unpaired) electrons. The van der Waals surface area contributed by atoms with E-state index in [4.69, 9.17) is 9.84 Å². The number of ether oxygens (including phenoxy) is 1. The van der Waals surface area contributed by atoms with E-state index < -0.39 is 27.1 Å². The van der Waals surface area contributed by atoms with Crippen LogP contribution < -0.4 is 4.74 Å². The Labute approximate surface area is 235 Å². The van der Waals surface area contributed by atoms with Crippen LogP contribution in [-0.4, -0.2) is 23.5 Å². The second-order valence-electron chi connectivity index (χ2n) is 9.21. The van der Waals surface area contributed by atoms with Crippen molar-refractivity contribution in [3.8, 4) is 16.2 Å². The zero-order chi connectivity index (χ0) is 28.3. The van der Waals surface area contributed by atoms with Crippen LogP contribution in [0.25, 0.3) is 21.3 Å². The van der Waals surface area contributed by atoms with Gasteiger partial charge in [-0.15, -0.1) is 17.9 Å². The summed E-state index contributed by atoms with van der Waals surface area (Å²) in [6, 6.07) is 24.9. The van der Waals surface area contributed by atoms with Crippen molar-refractivity contribution in [1.29, 1.82) is 0 Å². The normalized spacial score (nSPS) is 12.3. The maximum absolute atomic E-state index is 14.0. The summed E-state index contributed by atoms with van der Waals surface area (Å²) in [7, 11) is -4.05. The molecule has 0 aliphatic carbocycles. The zero-order valence-electron chi connectivity index (χ0n) is 21.4. The number of carboxylic acids is 1. The van der Waals surface area contributed by atoms with Crippen LogP contribution in [0.5, 0.6) is 5.75 Å². The molecule has 9 heteroatoms. The summed E-state index contributed by atoms with van der Waals surface area (Å²) in [4.78, 5) is 12.6. The maximum Gasteiger partial charge on any atom is 0.303 e. The summed E-state index contributed by atoms with van der Waals surface area (Å²) in [5.74, 6) is -0.824. The predicted octanol–water partition coefficient (Wildman–Crippen LogP) is 7.21. The highest BCUT2D eigenvalue weighted by molar-refractivity contribution is 7.90. The molecule has 0 bridgehead atoms. The molecule has 0 spiro atoms. The van der Waals surface area contributed by atoms with E-state index in [9.17, 15) is 17.6 Å². The second kappa shape index (κ2) is 11.5. The van der Waals surface area contributed by atoms with Crippen LogP contribution in [0, 0.1) is 5.82 Å². The number of hydrogen-bond acceptors (Lipinski definition) is 5. The van der Waals surface area contributed by atoms with Gasteiger partial charge in [-0.1, -0.05) is 36.4 Å². The fraction of sp³-hybridized carbons (Fsp3) is 0.129. The van der Waals surface area contributed by atoms with E-state index in [0.717, 1.165) is 25.7 Å². The number of fused-ring (bicyclic) bond motifs is 1. The molecule has 6 nitrogen and oxygen atoms in total. The molecule has 0 aliphatic heterocycles. The molecule has 40 heavy (non-hydrogen) atoms. The first-order valence-corrected chi connectivity index (χ1v) is 14.8. The van der Waals surface area contributed by atoms with E-state index in [1.165, 1.54) is 41.8 Å². The lowest BCUT2D eigenvalue weighted by atomic mass is 10.1. The molecule has 5 rings (SSSR count). The minimum absolute atomic E-state index is 0.0742. The SMILES string of the molecule is C=CC(c1ccc(-c2ccc(OCc3ccccc3)cc2)s1)S(=O)(=O)n1cc(CCC(=O)O)c2cc(F)ccc21. The van der Waals surface area contributed by atoms with E-state index in [2.05, 4.69) is 6.58 Å². The lowest BCUT2D eigenvalue weighted by Gasteiger charge is -2.14. The molecule has 2 heterocycles. The van der Waals surface area contributed by atoms with Crippen LogP contribution >= 0.6 is 11.3 Å². The van der Waals surface area contributed by atoms with Crippen LogP contribution in [0.15, 0.2) is 104 Å². The van der Waals surface area contributed by atoms with Crippen molar-refractivity contribution in [3.63, 3.8) is 0 Å². The van der Waals surface area contributed by atoms with Gasteiger partial charge in [-0.05, 0) is 77.7 Å². The lowest BCUT2D eigenvalue weighted by molar-refractivity contribution is -0.136. The van der Waals surface area contributed by atoms with Gasteiger partial charge in [0.05, 0.1) is 5.52 Å². The Hall–Kier alpha value is -4.21. The van der Waals surface area contributed by atoms with Crippen molar-refractivity contribution in [2.75, 3.05) is 0 Å². The monoisotopic (exact) mass is 575 g/mol. The topological polar surface area (TPSA) is 85.6 Å². The van der Waals surface area contributed by atoms with Gasteiger partial charge in [0.15, 0.2) is 0 Å². The molecule has 2 aromatic heterocycles. The Bertz CT molecular complexity index is 1770. The Morgan fingerprint density at radius 1 is 1.05 bits per heavy atom. The van der Waals surface area contributed by atoms with Gasteiger partial charge in [-0.3, -0.25) is 4.79 Å². The zero-order valence-corrected chi connectivity index (χ0v) is 23.0. The molecular formula is C31H26FNO5S2. The van der Waals surface area contributed by atoms with E-state index in [-0.39, 0.29) is 18.4 Å². The molecule has 3 aromatic carbocycles. The summed E-state index contributed by atoms with van der Waals surface area (Å²) in [6.07, 6.45) is 2.63. The van der Waals surface area contributed by atoms with E-state index in [0.29, 0.717) is 22.4 Å². The third kappa shape index (κ3) is 5.71. The molecule has 0 saturated carbocycles. The van der Waals surface area contributed by atoms with Crippen molar-refractivity contribution >= 4 is 38.2 Å². The first kappa shape index (κ1) is 27.4. The molecule has 1 unspecified atom stereocenters. The fourth-order valence-electron chi connectivity index (χ4n) is 4.51. The van der Waals surface area contributed by atoms with Crippen molar-refractivity contribution in [2.45, 2.75) is 24.7 Å². The van der Waals surface area contributed by atoms with Gasteiger partial charge < -0.3 is 9.84 Å². The highest BCUT2D eigenvalue weighted by Gasteiger charge is 2.30. The van der Waals surface area contributed by atoms with Crippen LogP contribution in [0.4, 0.5) is 4.39 Å². The van der Waals surface area contributed by atoms with E-state index >= 15 is 0 Å². The van der Waals surface area contributed by atoms with Crippen molar-refractivity contribution < 1.29 is 27.4 Å². The third-order valence-corrected chi connectivity index (χ3v) is 9.83. The minimum atomic E-state index is -4.05. The molecule has 0 saturated heterocycles. The number of carboxylic acid groups (broad SMARTS) is 1. The van der Waals surface area contributed by atoms with Crippen LogP contribution in [0.1, 0.15) is 27.7 Å². The molecule has 0 fully saturated rings. The molecule has 0 aliphatic rings. The lowest BCUT2D eigenvalue weighted by Crippen LogP contribution is -2.18. The van der Waals surface area contributed by atoms with Gasteiger partial charge in [0, 0.05) is 27.8 Å². The minimum Gasteiger partial charge on any atom is -0.489 e. The van der Waals surface area contributed by atoms with Gasteiger partial charge in [0.25, 0.3) is 10.0 Å². The average molecular weight is 576 g/mol. The molecule has 1 N–H and O–H groups in total. The fourth-order valence-corrected chi connectivity index (χ4v) is 7.58. The smallest absolute Gasteiger partial charge is 0.303 e. The van der Waals surface area contributed by atoms with Crippen molar-refractivity contribution in [2.24, 2.45) is 0 Å². The number of thiophene rings is 1. The van der Waals surface area contributed by atoms with Crippen LogP contribution in [0.2, 0.25) is 0 Å².